The molecule has 2 atom stereocenters. The van der Waals surface area contributed by atoms with E-state index in [1.54, 1.807) is 17.8 Å². The molecule has 206 valence electrons. The molecule has 2 aromatic heterocycles. The number of imidazole rings is 1. The van der Waals surface area contributed by atoms with Gasteiger partial charge in [-0.3, -0.25) is 4.40 Å². The highest BCUT2D eigenvalue weighted by Gasteiger charge is 2.44. The van der Waals surface area contributed by atoms with Gasteiger partial charge in [0.2, 0.25) is 0 Å². The minimum atomic E-state index is -0.662. The van der Waals surface area contributed by atoms with Gasteiger partial charge in [0, 0.05) is 18.2 Å². The Bertz CT molecular complexity index is 1510. The number of fused-ring (bicyclic) bond motifs is 2. The molecule has 5 rings (SSSR count). The highest BCUT2D eigenvalue weighted by atomic mass is 32.2. The first-order valence-electron chi connectivity index (χ1n) is 12.7. The van der Waals surface area contributed by atoms with Crippen molar-refractivity contribution in [1.29, 1.82) is 0 Å². The van der Waals surface area contributed by atoms with Crippen molar-refractivity contribution < 1.29 is 23.0 Å². The lowest BCUT2D eigenvalue weighted by atomic mass is 10.0. The molecule has 39 heavy (non-hydrogen) atoms. The number of thioether (sulfide) groups is 1. The molecular weight excluding hydrogens is 524 g/mol. The molecular formula is C28H31F2N5O3S. The number of pyridine rings is 1. The highest BCUT2D eigenvalue weighted by Crippen LogP contribution is 2.40. The number of halogens is 2. The normalized spacial score (nSPS) is 20.9. The molecule has 1 N–H and O–H groups in total. The molecule has 3 heterocycles. The van der Waals surface area contributed by atoms with E-state index >= 15 is 0 Å². The topological polar surface area (TPSA) is 89.6 Å². The average molecular weight is 556 g/mol. The zero-order chi connectivity index (χ0) is 28.1. The maximum Gasteiger partial charge on any atom is 0.408 e. The number of nitrogens with zero attached hydrogens (tertiary/aromatic N) is 4. The second-order valence-electron chi connectivity index (χ2n) is 11.3. The Morgan fingerprint density at radius 3 is 2.64 bits per heavy atom. The number of hydrogen-bond acceptors (Lipinski definition) is 7. The lowest BCUT2D eigenvalue weighted by Gasteiger charge is -2.28. The molecule has 1 fully saturated rings. The monoisotopic (exact) mass is 555 g/mol. The highest BCUT2D eigenvalue weighted by molar-refractivity contribution is 8.15. The summed E-state index contributed by atoms with van der Waals surface area (Å²) >= 11 is 1.58. The maximum absolute atomic E-state index is 14.2. The molecule has 3 aromatic rings. The summed E-state index contributed by atoms with van der Waals surface area (Å²) in [5.74, 6) is -0.914. The fraction of sp³-hybridized carbons (Fsp3) is 0.429. The van der Waals surface area contributed by atoms with Crippen LogP contribution in [-0.2, 0) is 11.3 Å². The smallest absolute Gasteiger partial charge is 0.408 e. The van der Waals surface area contributed by atoms with E-state index in [-0.39, 0.29) is 17.4 Å². The number of ether oxygens (including phenoxy) is 2. The van der Waals surface area contributed by atoms with E-state index in [0.29, 0.717) is 29.3 Å². The lowest BCUT2D eigenvalue weighted by molar-refractivity contribution is 0.0469. The second-order valence-corrected chi connectivity index (χ2v) is 12.5. The SMILES string of the molecule is Cc1cc(OCc2c(F)cccc2F)c2nc(C)c(C3=NN=C4CC(C)(NC(=O)OC(C)(C)C)CC4S3)n2c1. The summed E-state index contributed by atoms with van der Waals surface area (Å²) in [5, 5.41) is 12.8. The Kier molecular flexibility index (Phi) is 6.90. The van der Waals surface area contributed by atoms with Gasteiger partial charge in [0.25, 0.3) is 0 Å². The fourth-order valence-corrected chi connectivity index (χ4v) is 6.31. The number of rotatable bonds is 5. The van der Waals surface area contributed by atoms with Gasteiger partial charge in [-0.25, -0.2) is 18.6 Å². The molecule has 0 saturated heterocycles. The van der Waals surface area contributed by atoms with Crippen molar-refractivity contribution in [1.82, 2.24) is 14.7 Å². The predicted molar refractivity (Wildman–Crippen MR) is 148 cm³/mol. The fourth-order valence-electron chi connectivity index (χ4n) is 4.88. The number of carbonyl (C=O) groups is 1. The summed E-state index contributed by atoms with van der Waals surface area (Å²) in [4.78, 5) is 17.1. The minimum absolute atomic E-state index is 0.0342. The summed E-state index contributed by atoms with van der Waals surface area (Å²) in [7, 11) is 0. The number of alkyl carbamates (subject to hydrolysis) is 1. The van der Waals surface area contributed by atoms with Gasteiger partial charge in [0.05, 0.1) is 22.2 Å². The van der Waals surface area contributed by atoms with Gasteiger partial charge in [-0.15, -0.1) is 5.10 Å². The van der Waals surface area contributed by atoms with Crippen LogP contribution in [-0.4, -0.2) is 42.6 Å². The van der Waals surface area contributed by atoms with E-state index in [1.807, 2.05) is 52.1 Å². The van der Waals surface area contributed by atoms with Crippen LogP contribution in [0.4, 0.5) is 13.6 Å². The van der Waals surface area contributed by atoms with Gasteiger partial charge < -0.3 is 14.8 Å². The molecule has 0 bridgehead atoms. The molecule has 8 nitrogen and oxygen atoms in total. The number of nitrogens with one attached hydrogen (secondary N) is 1. The van der Waals surface area contributed by atoms with E-state index in [2.05, 4.69) is 15.5 Å². The number of amides is 1. The number of benzene rings is 1. The van der Waals surface area contributed by atoms with Crippen molar-refractivity contribution in [3.05, 3.63) is 64.6 Å². The number of hydrogen-bond donors (Lipinski definition) is 1. The largest absolute Gasteiger partial charge is 0.485 e. The van der Waals surface area contributed by atoms with E-state index in [0.717, 1.165) is 22.7 Å². The van der Waals surface area contributed by atoms with Gasteiger partial charge in [-0.2, -0.15) is 5.10 Å². The van der Waals surface area contributed by atoms with E-state index in [4.69, 9.17) is 14.5 Å². The van der Waals surface area contributed by atoms with Crippen molar-refractivity contribution in [3.63, 3.8) is 0 Å². The molecule has 1 aliphatic carbocycles. The zero-order valence-electron chi connectivity index (χ0n) is 22.8. The third-order valence-corrected chi connectivity index (χ3v) is 7.76. The van der Waals surface area contributed by atoms with Crippen molar-refractivity contribution >= 4 is 34.3 Å². The number of carbonyl (C=O) groups excluding carboxylic acids is 1. The molecule has 11 heteroatoms. The van der Waals surface area contributed by atoms with Crippen LogP contribution >= 0.6 is 11.8 Å². The van der Waals surface area contributed by atoms with Gasteiger partial charge in [-0.05, 0) is 71.7 Å². The molecule has 1 aromatic carbocycles. The Balaban J connectivity index is 1.38. The summed E-state index contributed by atoms with van der Waals surface area (Å²) in [6.45, 7) is 11.0. The van der Waals surface area contributed by atoms with Crippen LogP contribution in [0.3, 0.4) is 0 Å². The zero-order valence-corrected chi connectivity index (χ0v) is 23.6. The standard InChI is InChI=1S/C28H31F2N5O3S/c1-15-10-21(37-14-17-18(29)8-7-9-19(17)30)24-31-16(2)23(35(24)13-15)25-34-33-20-11-28(6,12-22(20)39-25)32-26(36)38-27(3,4)5/h7-10,13,22H,11-12,14H2,1-6H3,(H,32,36). The quantitative estimate of drug-likeness (QED) is 0.411. The summed E-state index contributed by atoms with van der Waals surface area (Å²) in [6, 6.07) is 5.52. The van der Waals surface area contributed by atoms with Crippen LogP contribution in [0.25, 0.3) is 5.65 Å². The first-order valence-corrected chi connectivity index (χ1v) is 13.6. The summed E-state index contributed by atoms with van der Waals surface area (Å²) in [6.07, 6.45) is 2.72. The number of aryl methyl sites for hydroxylation is 2. The summed E-state index contributed by atoms with van der Waals surface area (Å²) in [5.41, 5.74) is 2.59. The van der Waals surface area contributed by atoms with Crippen LogP contribution in [0.15, 0.2) is 40.7 Å². The third kappa shape index (κ3) is 5.63. The van der Waals surface area contributed by atoms with Crippen LogP contribution in [0, 0.1) is 25.5 Å². The van der Waals surface area contributed by atoms with Gasteiger partial charge in [0.1, 0.15) is 34.6 Å². The van der Waals surface area contributed by atoms with Crippen molar-refractivity contribution in [2.75, 3.05) is 0 Å². The second kappa shape index (κ2) is 9.93. The van der Waals surface area contributed by atoms with Crippen molar-refractivity contribution in [3.8, 4) is 5.75 Å². The molecule has 2 aliphatic rings. The predicted octanol–water partition coefficient (Wildman–Crippen LogP) is 6.10. The molecule has 1 aliphatic heterocycles. The van der Waals surface area contributed by atoms with E-state index in [1.165, 1.54) is 18.2 Å². The molecule has 0 spiro atoms. The first-order chi connectivity index (χ1) is 18.3. The first kappa shape index (κ1) is 27.1. The van der Waals surface area contributed by atoms with E-state index < -0.39 is 28.9 Å². The van der Waals surface area contributed by atoms with Crippen LogP contribution in [0.1, 0.15) is 63.1 Å². The molecule has 0 radical (unpaired) electrons. The van der Waals surface area contributed by atoms with Gasteiger partial charge in [-0.1, -0.05) is 17.8 Å². The third-order valence-electron chi connectivity index (χ3n) is 6.54. The average Bonchev–Trinajstić information content (AvgIpc) is 3.31. The Labute approximate surface area is 229 Å². The van der Waals surface area contributed by atoms with Gasteiger partial charge >= 0.3 is 6.09 Å². The Morgan fingerprint density at radius 2 is 1.95 bits per heavy atom. The number of aromatic nitrogens is 2. The minimum Gasteiger partial charge on any atom is -0.485 e. The lowest BCUT2D eigenvalue weighted by Crippen LogP contribution is -2.46. The van der Waals surface area contributed by atoms with Crippen LogP contribution < -0.4 is 10.1 Å². The van der Waals surface area contributed by atoms with Crippen molar-refractivity contribution in [2.45, 2.75) is 77.4 Å². The van der Waals surface area contributed by atoms with Crippen molar-refractivity contribution in [2.24, 2.45) is 10.2 Å². The Morgan fingerprint density at radius 1 is 1.23 bits per heavy atom. The van der Waals surface area contributed by atoms with Gasteiger partial charge in [0.15, 0.2) is 11.4 Å². The van der Waals surface area contributed by atoms with Crippen LogP contribution in [0.5, 0.6) is 5.75 Å². The molecule has 2 unspecified atom stereocenters. The maximum atomic E-state index is 14.2. The van der Waals surface area contributed by atoms with Crippen LogP contribution in [0.2, 0.25) is 0 Å². The Hall–Kier alpha value is -3.47. The van der Waals surface area contributed by atoms with E-state index in [9.17, 15) is 13.6 Å². The summed E-state index contributed by atoms with van der Waals surface area (Å²) < 4.78 is 41.5. The molecule has 1 saturated carbocycles. The molecule has 1 amide bonds.